The number of benzene rings is 1. The van der Waals surface area contributed by atoms with Gasteiger partial charge in [0.05, 0.1) is 7.11 Å². The van der Waals surface area contributed by atoms with Crippen molar-refractivity contribution < 1.29 is 19.4 Å². The van der Waals surface area contributed by atoms with Crippen molar-refractivity contribution in [3.8, 4) is 11.5 Å². The lowest BCUT2D eigenvalue weighted by Crippen LogP contribution is -2.17. The zero-order valence-electron chi connectivity index (χ0n) is 14.0. The summed E-state index contributed by atoms with van der Waals surface area (Å²) in [6, 6.07) is 12.8. The molecule has 0 spiro atoms. The lowest BCUT2D eigenvalue weighted by Gasteiger charge is -2.20. The van der Waals surface area contributed by atoms with E-state index in [0.717, 1.165) is 6.07 Å². The van der Waals surface area contributed by atoms with Crippen LogP contribution >= 0.6 is 0 Å². The first-order chi connectivity index (χ1) is 12.6. The molecule has 0 saturated heterocycles. The Morgan fingerprint density at radius 1 is 1.23 bits per heavy atom. The summed E-state index contributed by atoms with van der Waals surface area (Å²) in [5.74, 6) is 0.643. The summed E-state index contributed by atoms with van der Waals surface area (Å²) in [6.45, 7) is -0.461. The molecular formula is C19H18N2O5. The Kier molecular flexibility index (Phi) is 5.19. The van der Waals surface area contributed by atoms with Gasteiger partial charge in [-0.2, -0.15) is 0 Å². The zero-order chi connectivity index (χ0) is 18.5. The Balaban J connectivity index is 2.14. The number of ether oxygens (including phenoxy) is 1. The second kappa shape index (κ2) is 7.71. The molecule has 7 nitrogen and oxygen atoms in total. The molecule has 0 aliphatic heterocycles. The van der Waals surface area contributed by atoms with Gasteiger partial charge in [0.15, 0.2) is 5.76 Å². The number of hydrogen-bond acceptors (Lipinski definition) is 7. The summed E-state index contributed by atoms with van der Waals surface area (Å²) in [6.07, 6.45) is 1.62. The van der Waals surface area contributed by atoms with Gasteiger partial charge in [-0.15, -0.1) is 0 Å². The molecule has 1 aromatic carbocycles. The highest BCUT2D eigenvalue weighted by molar-refractivity contribution is 5.46. The number of nitrogens with one attached hydrogen (secondary N) is 1. The van der Waals surface area contributed by atoms with Crippen LogP contribution in [0, 0.1) is 0 Å². The molecule has 0 unspecified atom stereocenters. The van der Waals surface area contributed by atoms with Crippen molar-refractivity contribution in [2.45, 2.75) is 12.6 Å². The number of methoxy groups -OCH3 is 1. The summed E-state index contributed by atoms with van der Waals surface area (Å²) in [4.78, 5) is 16.3. The average molecular weight is 354 g/mol. The predicted octanol–water partition coefficient (Wildman–Crippen LogP) is 2.44. The minimum absolute atomic E-state index is 0.0135. The minimum atomic E-state index is -0.723. The van der Waals surface area contributed by atoms with Crippen LogP contribution in [0.2, 0.25) is 0 Å². The number of nitrogens with zero attached hydrogens (tertiary/aromatic N) is 1. The standard InChI is InChI=1S/C19H18N2O5/c1-25-13-6-4-5-12(9-13)17(21-16-7-2-3-8-20-16)19-18(24)15(23)10-14(11-22)26-19/h2-10,17,22,24H,11H2,1H3,(H,20,21)/t17-/m1/s1. The molecule has 0 bridgehead atoms. The van der Waals surface area contributed by atoms with Gasteiger partial charge in [0.2, 0.25) is 11.2 Å². The summed E-state index contributed by atoms with van der Waals surface area (Å²) in [5.41, 5.74) is 0.0505. The van der Waals surface area contributed by atoms with Crippen LogP contribution in [-0.2, 0) is 6.61 Å². The summed E-state index contributed by atoms with van der Waals surface area (Å²) in [7, 11) is 1.55. The number of aliphatic hydroxyl groups is 1. The topological polar surface area (TPSA) is 105 Å². The van der Waals surface area contributed by atoms with Crippen LogP contribution in [0.4, 0.5) is 5.82 Å². The first-order valence-electron chi connectivity index (χ1n) is 7.90. The summed E-state index contributed by atoms with van der Waals surface area (Å²) < 4.78 is 10.8. The van der Waals surface area contributed by atoms with E-state index >= 15 is 0 Å². The van der Waals surface area contributed by atoms with E-state index in [1.807, 2.05) is 0 Å². The maximum absolute atomic E-state index is 12.0. The van der Waals surface area contributed by atoms with E-state index in [0.29, 0.717) is 17.1 Å². The molecule has 3 rings (SSSR count). The fourth-order valence-electron chi connectivity index (χ4n) is 2.55. The van der Waals surface area contributed by atoms with Crippen LogP contribution < -0.4 is 15.5 Å². The number of anilines is 1. The van der Waals surface area contributed by atoms with Crippen LogP contribution in [0.5, 0.6) is 11.5 Å². The summed E-state index contributed by atoms with van der Waals surface area (Å²) >= 11 is 0. The zero-order valence-corrected chi connectivity index (χ0v) is 14.0. The maximum atomic E-state index is 12.0. The van der Waals surface area contributed by atoms with Gasteiger partial charge in [-0.05, 0) is 29.8 Å². The molecule has 0 aliphatic carbocycles. The molecule has 2 aromatic heterocycles. The summed E-state index contributed by atoms with van der Waals surface area (Å²) in [5, 5.41) is 22.8. The molecule has 7 heteroatoms. The van der Waals surface area contributed by atoms with Gasteiger partial charge in [0, 0.05) is 12.3 Å². The van der Waals surface area contributed by atoms with Gasteiger partial charge in [0.1, 0.15) is 30.0 Å². The quantitative estimate of drug-likeness (QED) is 0.624. The molecule has 0 radical (unpaired) electrons. The van der Waals surface area contributed by atoms with E-state index in [9.17, 15) is 15.0 Å². The van der Waals surface area contributed by atoms with Crippen LogP contribution in [0.15, 0.2) is 63.9 Å². The SMILES string of the molecule is COc1cccc([C@@H](Nc2ccccn2)c2oc(CO)cc(=O)c2O)c1. The van der Waals surface area contributed by atoms with Crippen LogP contribution in [0.3, 0.4) is 0 Å². The van der Waals surface area contributed by atoms with Crippen molar-refractivity contribution in [3.63, 3.8) is 0 Å². The van der Waals surface area contributed by atoms with Gasteiger partial charge < -0.3 is 24.7 Å². The molecule has 0 aliphatic rings. The van der Waals surface area contributed by atoms with Gasteiger partial charge in [-0.3, -0.25) is 4.79 Å². The van der Waals surface area contributed by atoms with Crippen molar-refractivity contribution in [2.75, 3.05) is 12.4 Å². The third-order valence-electron chi connectivity index (χ3n) is 3.80. The molecule has 0 saturated carbocycles. The van der Waals surface area contributed by atoms with Crippen LogP contribution in [-0.4, -0.2) is 22.3 Å². The molecule has 1 atom stereocenters. The normalized spacial score (nSPS) is 11.8. The number of hydrogen-bond donors (Lipinski definition) is 3. The fourth-order valence-corrected chi connectivity index (χ4v) is 2.55. The monoisotopic (exact) mass is 354 g/mol. The number of aromatic nitrogens is 1. The third-order valence-corrected chi connectivity index (χ3v) is 3.80. The van der Waals surface area contributed by atoms with Crippen molar-refractivity contribution in [3.05, 3.63) is 82.0 Å². The number of aliphatic hydroxyl groups excluding tert-OH is 1. The van der Waals surface area contributed by atoms with E-state index in [1.165, 1.54) is 0 Å². The predicted molar refractivity (Wildman–Crippen MR) is 95.3 cm³/mol. The largest absolute Gasteiger partial charge is 0.502 e. The molecule has 2 heterocycles. The minimum Gasteiger partial charge on any atom is -0.502 e. The van der Waals surface area contributed by atoms with Gasteiger partial charge in [0.25, 0.3) is 0 Å². The maximum Gasteiger partial charge on any atom is 0.227 e. The lowest BCUT2D eigenvalue weighted by atomic mass is 10.0. The van der Waals surface area contributed by atoms with Crippen LogP contribution in [0.1, 0.15) is 23.1 Å². The molecule has 3 N–H and O–H groups in total. The third kappa shape index (κ3) is 3.68. The smallest absolute Gasteiger partial charge is 0.227 e. The fraction of sp³-hybridized carbons (Fsp3) is 0.158. The lowest BCUT2D eigenvalue weighted by molar-refractivity contribution is 0.234. The highest BCUT2D eigenvalue weighted by Gasteiger charge is 2.24. The van der Waals surface area contributed by atoms with Gasteiger partial charge in [-0.25, -0.2) is 4.98 Å². The van der Waals surface area contributed by atoms with E-state index in [-0.39, 0.29) is 11.5 Å². The van der Waals surface area contributed by atoms with Crippen molar-refractivity contribution in [1.29, 1.82) is 0 Å². The molecule has 26 heavy (non-hydrogen) atoms. The Labute approximate surface area is 149 Å². The Morgan fingerprint density at radius 3 is 2.77 bits per heavy atom. The highest BCUT2D eigenvalue weighted by atomic mass is 16.5. The van der Waals surface area contributed by atoms with Crippen molar-refractivity contribution in [1.82, 2.24) is 4.98 Å². The van der Waals surface area contributed by atoms with E-state index in [1.54, 1.807) is 55.8 Å². The Bertz CT molecular complexity index is 940. The molecule has 3 aromatic rings. The van der Waals surface area contributed by atoms with Gasteiger partial charge in [-0.1, -0.05) is 18.2 Å². The molecule has 0 amide bonds. The molecule has 134 valence electrons. The van der Waals surface area contributed by atoms with E-state index < -0.39 is 23.8 Å². The number of pyridine rings is 1. The number of rotatable bonds is 6. The second-order valence-electron chi connectivity index (χ2n) is 5.52. The number of aromatic hydroxyl groups is 1. The Morgan fingerprint density at radius 2 is 2.08 bits per heavy atom. The van der Waals surface area contributed by atoms with E-state index in [2.05, 4.69) is 10.3 Å². The van der Waals surface area contributed by atoms with Crippen LogP contribution in [0.25, 0.3) is 0 Å². The first-order valence-corrected chi connectivity index (χ1v) is 7.90. The van der Waals surface area contributed by atoms with Gasteiger partial charge >= 0.3 is 0 Å². The average Bonchev–Trinajstić information content (AvgIpc) is 2.69. The second-order valence-corrected chi connectivity index (χ2v) is 5.52. The Hall–Kier alpha value is -3.32. The van der Waals surface area contributed by atoms with Crippen molar-refractivity contribution >= 4 is 5.82 Å². The molecule has 0 fully saturated rings. The highest BCUT2D eigenvalue weighted by Crippen LogP contribution is 2.32. The van der Waals surface area contributed by atoms with E-state index in [4.69, 9.17) is 9.15 Å². The molecular weight excluding hydrogens is 336 g/mol. The first kappa shape index (κ1) is 17.5. The van der Waals surface area contributed by atoms with Crippen molar-refractivity contribution in [2.24, 2.45) is 0 Å².